The highest BCUT2D eigenvalue weighted by atomic mass is 79.9. The van der Waals surface area contributed by atoms with Gasteiger partial charge in [-0.15, -0.1) is 11.3 Å². The van der Waals surface area contributed by atoms with Gasteiger partial charge in [-0.1, -0.05) is 12.8 Å². The van der Waals surface area contributed by atoms with E-state index in [2.05, 4.69) is 21.2 Å². The summed E-state index contributed by atoms with van der Waals surface area (Å²) in [6, 6.07) is 1.48. The first-order valence-electron chi connectivity index (χ1n) is 6.00. The molecule has 1 N–H and O–H groups in total. The zero-order valence-corrected chi connectivity index (χ0v) is 12.2. The Morgan fingerprint density at radius 2 is 2.06 bits per heavy atom. The summed E-state index contributed by atoms with van der Waals surface area (Å²) < 4.78 is 39.6. The summed E-state index contributed by atoms with van der Waals surface area (Å²) in [6.07, 6.45) is -1.63. The second-order valence-electron chi connectivity index (χ2n) is 4.61. The van der Waals surface area contributed by atoms with Crippen molar-refractivity contribution in [2.24, 2.45) is 5.92 Å². The highest BCUT2D eigenvalue weighted by molar-refractivity contribution is 9.10. The SMILES string of the molecule is FC(F)(F)C1CCCCC1NCc1sccc1Br. The Kier molecular flexibility index (Phi) is 4.72. The van der Waals surface area contributed by atoms with Crippen molar-refractivity contribution in [3.05, 3.63) is 20.8 Å². The molecular formula is C12H15BrF3NS. The summed E-state index contributed by atoms with van der Waals surface area (Å²) in [5, 5.41) is 5.02. The van der Waals surface area contributed by atoms with Gasteiger partial charge in [0.05, 0.1) is 5.92 Å². The average Bonchev–Trinajstić information content (AvgIpc) is 2.71. The Morgan fingerprint density at radius 3 is 2.67 bits per heavy atom. The van der Waals surface area contributed by atoms with Gasteiger partial charge in [-0.05, 0) is 40.2 Å². The van der Waals surface area contributed by atoms with Crippen LogP contribution in [0.15, 0.2) is 15.9 Å². The average molecular weight is 342 g/mol. The molecule has 1 aliphatic rings. The fourth-order valence-corrected chi connectivity index (χ4v) is 3.89. The largest absolute Gasteiger partial charge is 0.393 e. The Hall–Kier alpha value is -0.0700. The lowest BCUT2D eigenvalue weighted by atomic mass is 9.84. The molecule has 0 amide bonds. The maximum Gasteiger partial charge on any atom is 0.393 e. The molecule has 1 aromatic heterocycles. The van der Waals surface area contributed by atoms with E-state index in [0.29, 0.717) is 19.4 Å². The third-order valence-corrected chi connectivity index (χ3v) is 5.33. The molecule has 102 valence electrons. The quantitative estimate of drug-likeness (QED) is 0.838. The van der Waals surface area contributed by atoms with Crippen LogP contribution < -0.4 is 5.32 Å². The third-order valence-electron chi connectivity index (χ3n) is 3.40. The molecule has 18 heavy (non-hydrogen) atoms. The Labute approximate surface area is 117 Å². The van der Waals surface area contributed by atoms with Crippen molar-refractivity contribution in [2.45, 2.75) is 44.4 Å². The first-order valence-corrected chi connectivity index (χ1v) is 7.67. The number of nitrogens with one attached hydrogen (secondary N) is 1. The standard InChI is InChI=1S/C12H15BrF3NS/c13-9-5-6-18-11(9)7-17-10-4-2-1-3-8(10)12(14,15)16/h5-6,8,10,17H,1-4,7H2. The molecule has 1 heterocycles. The van der Waals surface area contributed by atoms with Crippen LogP contribution in [0.3, 0.4) is 0 Å². The number of halogens is 4. The number of thiophene rings is 1. The molecule has 0 spiro atoms. The van der Waals surface area contributed by atoms with Crippen molar-refractivity contribution >= 4 is 27.3 Å². The van der Waals surface area contributed by atoms with Crippen molar-refractivity contribution in [1.82, 2.24) is 5.32 Å². The van der Waals surface area contributed by atoms with E-state index in [4.69, 9.17) is 0 Å². The van der Waals surface area contributed by atoms with Crippen LogP contribution in [0.5, 0.6) is 0 Å². The minimum absolute atomic E-state index is 0.257. The summed E-state index contributed by atoms with van der Waals surface area (Å²) in [4.78, 5) is 1.06. The van der Waals surface area contributed by atoms with Crippen molar-refractivity contribution in [2.75, 3.05) is 0 Å². The molecule has 1 aromatic rings. The predicted octanol–water partition coefficient (Wildman–Crippen LogP) is 4.72. The predicted molar refractivity (Wildman–Crippen MR) is 70.7 cm³/mol. The molecule has 1 saturated carbocycles. The van der Waals surface area contributed by atoms with Gasteiger partial charge >= 0.3 is 6.18 Å². The molecule has 1 nitrogen and oxygen atoms in total. The normalized spacial score (nSPS) is 25.3. The van der Waals surface area contributed by atoms with E-state index in [1.807, 2.05) is 11.4 Å². The van der Waals surface area contributed by atoms with Gasteiger partial charge in [0.25, 0.3) is 0 Å². The number of alkyl halides is 3. The van der Waals surface area contributed by atoms with Crippen LogP contribution >= 0.6 is 27.3 Å². The van der Waals surface area contributed by atoms with Gasteiger partial charge in [-0.2, -0.15) is 13.2 Å². The highest BCUT2D eigenvalue weighted by Crippen LogP contribution is 2.38. The van der Waals surface area contributed by atoms with E-state index >= 15 is 0 Å². The van der Waals surface area contributed by atoms with Crippen molar-refractivity contribution in [1.29, 1.82) is 0 Å². The van der Waals surface area contributed by atoms with Gasteiger partial charge < -0.3 is 5.32 Å². The minimum Gasteiger partial charge on any atom is -0.308 e. The summed E-state index contributed by atoms with van der Waals surface area (Å²) in [5.41, 5.74) is 0. The van der Waals surface area contributed by atoms with Gasteiger partial charge in [0.15, 0.2) is 0 Å². The van der Waals surface area contributed by atoms with E-state index in [9.17, 15) is 13.2 Å². The lowest BCUT2D eigenvalue weighted by Crippen LogP contribution is -2.45. The topological polar surface area (TPSA) is 12.0 Å². The zero-order chi connectivity index (χ0) is 13.2. The zero-order valence-electron chi connectivity index (χ0n) is 9.77. The Morgan fingerprint density at radius 1 is 1.33 bits per heavy atom. The van der Waals surface area contributed by atoms with Gasteiger partial charge in [-0.3, -0.25) is 0 Å². The van der Waals surface area contributed by atoms with Gasteiger partial charge in [0.1, 0.15) is 0 Å². The molecule has 0 radical (unpaired) electrons. The molecule has 6 heteroatoms. The van der Waals surface area contributed by atoms with Crippen LogP contribution in [0.1, 0.15) is 30.6 Å². The van der Waals surface area contributed by atoms with Crippen LogP contribution in [-0.2, 0) is 6.54 Å². The minimum atomic E-state index is -4.08. The fraction of sp³-hybridized carbons (Fsp3) is 0.667. The molecule has 1 fully saturated rings. The van der Waals surface area contributed by atoms with Gasteiger partial charge in [-0.25, -0.2) is 0 Å². The monoisotopic (exact) mass is 341 g/mol. The molecule has 2 atom stereocenters. The summed E-state index contributed by atoms with van der Waals surface area (Å²) in [6.45, 7) is 0.509. The maximum atomic E-state index is 12.9. The first kappa shape index (κ1) is 14.3. The van der Waals surface area contributed by atoms with Gasteiger partial charge in [0.2, 0.25) is 0 Å². The van der Waals surface area contributed by atoms with Crippen LogP contribution in [-0.4, -0.2) is 12.2 Å². The Balaban J connectivity index is 1.96. The first-order chi connectivity index (χ1) is 8.48. The Bertz CT molecular complexity index is 391. The smallest absolute Gasteiger partial charge is 0.308 e. The lowest BCUT2D eigenvalue weighted by molar-refractivity contribution is -0.189. The van der Waals surface area contributed by atoms with Crippen LogP contribution in [0.2, 0.25) is 0 Å². The molecule has 0 aliphatic heterocycles. The fourth-order valence-electron chi connectivity index (χ4n) is 2.44. The number of hydrogen-bond acceptors (Lipinski definition) is 2. The lowest BCUT2D eigenvalue weighted by Gasteiger charge is -2.33. The van der Waals surface area contributed by atoms with Crippen LogP contribution in [0.25, 0.3) is 0 Å². The summed E-state index contributed by atoms with van der Waals surface area (Å²) in [5.74, 6) is -1.19. The van der Waals surface area contributed by atoms with Crippen LogP contribution in [0.4, 0.5) is 13.2 Å². The number of hydrogen-bond donors (Lipinski definition) is 1. The molecule has 0 bridgehead atoms. The highest BCUT2D eigenvalue weighted by Gasteiger charge is 2.45. The van der Waals surface area contributed by atoms with E-state index in [-0.39, 0.29) is 6.42 Å². The molecule has 0 aromatic carbocycles. The van der Waals surface area contributed by atoms with E-state index < -0.39 is 18.1 Å². The van der Waals surface area contributed by atoms with Crippen molar-refractivity contribution in [3.8, 4) is 0 Å². The molecule has 0 saturated heterocycles. The number of rotatable bonds is 3. The maximum absolute atomic E-state index is 12.9. The molecular weight excluding hydrogens is 327 g/mol. The van der Waals surface area contributed by atoms with E-state index in [1.54, 1.807) is 11.3 Å². The van der Waals surface area contributed by atoms with E-state index in [0.717, 1.165) is 15.8 Å². The van der Waals surface area contributed by atoms with Gasteiger partial charge in [0, 0.05) is 21.9 Å². The molecule has 2 rings (SSSR count). The third kappa shape index (κ3) is 3.48. The summed E-state index contributed by atoms with van der Waals surface area (Å²) >= 11 is 4.95. The second-order valence-corrected chi connectivity index (χ2v) is 6.47. The second kappa shape index (κ2) is 5.92. The summed E-state index contributed by atoms with van der Waals surface area (Å²) in [7, 11) is 0. The van der Waals surface area contributed by atoms with Crippen LogP contribution in [0, 0.1) is 5.92 Å². The molecule has 2 unspecified atom stereocenters. The molecule has 1 aliphatic carbocycles. The van der Waals surface area contributed by atoms with Crippen molar-refractivity contribution < 1.29 is 13.2 Å². The van der Waals surface area contributed by atoms with E-state index in [1.165, 1.54) is 0 Å². The van der Waals surface area contributed by atoms with Crippen molar-refractivity contribution in [3.63, 3.8) is 0 Å².